The number of carboxylic acids is 1. The number of hydrogen-bond acceptors (Lipinski definition) is 3. The lowest BCUT2D eigenvalue weighted by Gasteiger charge is -2.34. The highest BCUT2D eigenvalue weighted by molar-refractivity contribution is 5.74. The molecule has 0 aromatic carbocycles. The Labute approximate surface area is 113 Å². The van der Waals surface area contributed by atoms with E-state index in [1.54, 1.807) is 4.90 Å². The number of amides is 2. The molecule has 0 aromatic rings. The van der Waals surface area contributed by atoms with Gasteiger partial charge in [-0.2, -0.15) is 0 Å². The van der Waals surface area contributed by atoms with Crippen molar-refractivity contribution >= 4 is 12.0 Å². The second-order valence-corrected chi connectivity index (χ2v) is 5.50. The number of carbonyl (C=O) groups excluding carboxylic acids is 1. The quantitative estimate of drug-likeness (QED) is 0.693. The molecule has 3 atom stereocenters. The number of β-amino-alcohol motifs (C(OH)–C–C–N with tert-alkyl or cyclic N) is 1. The van der Waals surface area contributed by atoms with Crippen LogP contribution in [0.15, 0.2) is 0 Å². The number of carboxylic acid groups (broad SMARTS) is 1. The van der Waals surface area contributed by atoms with Gasteiger partial charge in [0, 0.05) is 26.1 Å². The number of hydrogen-bond donors (Lipinski definition) is 3. The minimum Gasteiger partial charge on any atom is -0.481 e. The average Bonchev–Trinajstić information content (AvgIpc) is 2.36. The molecular formula is C13H24N2O4. The van der Waals surface area contributed by atoms with Crippen LogP contribution in [0.1, 0.15) is 33.1 Å². The summed E-state index contributed by atoms with van der Waals surface area (Å²) < 4.78 is 0. The van der Waals surface area contributed by atoms with Gasteiger partial charge >= 0.3 is 12.0 Å². The molecule has 110 valence electrons. The third-order valence-corrected chi connectivity index (χ3v) is 3.66. The normalized spacial score (nSPS) is 24.9. The maximum atomic E-state index is 11.9. The number of aliphatic carboxylic acids is 1. The van der Waals surface area contributed by atoms with Crippen LogP contribution in [0.2, 0.25) is 0 Å². The Morgan fingerprint density at radius 2 is 2.16 bits per heavy atom. The third-order valence-electron chi connectivity index (χ3n) is 3.66. The van der Waals surface area contributed by atoms with E-state index in [1.807, 2.05) is 13.8 Å². The first-order valence-corrected chi connectivity index (χ1v) is 6.82. The van der Waals surface area contributed by atoms with Gasteiger partial charge < -0.3 is 20.4 Å². The Bertz CT molecular complexity index is 322. The standard InChI is InChI=1S/C13H24N2O4/c1-9(3-4-12(17)18)7-14-13(19)15-6-5-10(2)11(16)8-15/h9-11,16H,3-8H2,1-2H3,(H,14,19)(H,17,18). The lowest BCUT2D eigenvalue weighted by molar-refractivity contribution is -0.137. The first-order valence-electron chi connectivity index (χ1n) is 6.82. The molecule has 1 rings (SSSR count). The van der Waals surface area contributed by atoms with Gasteiger partial charge in [-0.25, -0.2) is 4.79 Å². The fraction of sp³-hybridized carbons (Fsp3) is 0.846. The third kappa shape index (κ3) is 5.46. The lowest BCUT2D eigenvalue weighted by atomic mass is 9.96. The minimum absolute atomic E-state index is 0.122. The number of rotatable bonds is 5. The first kappa shape index (κ1) is 15.8. The van der Waals surface area contributed by atoms with Crippen LogP contribution in [-0.4, -0.2) is 52.9 Å². The zero-order valence-electron chi connectivity index (χ0n) is 11.6. The second kappa shape index (κ2) is 7.33. The van der Waals surface area contributed by atoms with Crippen molar-refractivity contribution in [2.24, 2.45) is 11.8 Å². The van der Waals surface area contributed by atoms with Gasteiger partial charge in [0.2, 0.25) is 0 Å². The molecular weight excluding hydrogens is 248 g/mol. The fourth-order valence-electron chi connectivity index (χ4n) is 2.08. The van der Waals surface area contributed by atoms with Crippen molar-refractivity contribution in [1.29, 1.82) is 0 Å². The Balaban J connectivity index is 2.25. The van der Waals surface area contributed by atoms with Crippen molar-refractivity contribution < 1.29 is 19.8 Å². The minimum atomic E-state index is -0.814. The van der Waals surface area contributed by atoms with Gasteiger partial charge in [-0.15, -0.1) is 0 Å². The van der Waals surface area contributed by atoms with Crippen molar-refractivity contribution in [3.63, 3.8) is 0 Å². The molecule has 1 aliphatic rings. The number of carbonyl (C=O) groups is 2. The highest BCUT2D eigenvalue weighted by Crippen LogP contribution is 2.16. The highest BCUT2D eigenvalue weighted by atomic mass is 16.4. The van der Waals surface area contributed by atoms with Crippen LogP contribution in [0.5, 0.6) is 0 Å². The summed E-state index contributed by atoms with van der Waals surface area (Å²) in [6.45, 7) is 5.39. The van der Waals surface area contributed by atoms with Crippen molar-refractivity contribution in [1.82, 2.24) is 10.2 Å². The molecule has 0 radical (unpaired) electrons. The van der Waals surface area contributed by atoms with Crippen LogP contribution in [0, 0.1) is 11.8 Å². The molecule has 0 spiro atoms. The Morgan fingerprint density at radius 1 is 1.47 bits per heavy atom. The molecule has 2 amide bonds. The molecule has 1 fully saturated rings. The average molecular weight is 272 g/mol. The zero-order valence-corrected chi connectivity index (χ0v) is 11.6. The van der Waals surface area contributed by atoms with E-state index in [4.69, 9.17) is 5.11 Å². The lowest BCUT2D eigenvalue weighted by Crippen LogP contribution is -2.50. The summed E-state index contributed by atoms with van der Waals surface area (Å²) in [4.78, 5) is 23.9. The summed E-state index contributed by atoms with van der Waals surface area (Å²) in [6.07, 6.45) is 1.03. The van der Waals surface area contributed by atoms with Crippen molar-refractivity contribution in [2.45, 2.75) is 39.2 Å². The predicted octanol–water partition coefficient (Wildman–Crippen LogP) is 0.900. The van der Waals surface area contributed by atoms with Crippen molar-refractivity contribution in [2.75, 3.05) is 19.6 Å². The number of piperidine rings is 1. The van der Waals surface area contributed by atoms with Gasteiger partial charge in [-0.3, -0.25) is 4.79 Å². The summed E-state index contributed by atoms with van der Waals surface area (Å²) >= 11 is 0. The van der Waals surface area contributed by atoms with Gasteiger partial charge in [0.1, 0.15) is 0 Å². The van der Waals surface area contributed by atoms with Gasteiger partial charge in [-0.05, 0) is 24.7 Å². The molecule has 1 heterocycles. The molecule has 0 saturated carbocycles. The molecule has 0 aromatic heterocycles. The molecule has 6 nitrogen and oxygen atoms in total. The SMILES string of the molecule is CC(CCC(=O)O)CNC(=O)N1CCC(C)C(O)C1. The molecule has 1 aliphatic heterocycles. The second-order valence-electron chi connectivity index (χ2n) is 5.50. The monoisotopic (exact) mass is 272 g/mol. The fourth-order valence-corrected chi connectivity index (χ4v) is 2.08. The number of likely N-dealkylation sites (tertiary alicyclic amines) is 1. The van der Waals surface area contributed by atoms with E-state index in [0.717, 1.165) is 6.42 Å². The van der Waals surface area contributed by atoms with Gasteiger partial charge in [0.25, 0.3) is 0 Å². The molecule has 0 bridgehead atoms. The maximum Gasteiger partial charge on any atom is 0.317 e. The van der Waals surface area contributed by atoms with E-state index in [9.17, 15) is 14.7 Å². The van der Waals surface area contributed by atoms with Gasteiger partial charge in [-0.1, -0.05) is 13.8 Å². The predicted molar refractivity (Wildman–Crippen MR) is 70.8 cm³/mol. The first-order chi connectivity index (χ1) is 8.90. The number of urea groups is 1. The summed E-state index contributed by atoms with van der Waals surface area (Å²) in [7, 11) is 0. The van der Waals surface area contributed by atoms with Crippen LogP contribution >= 0.6 is 0 Å². The number of aliphatic hydroxyl groups is 1. The Kier molecular flexibility index (Phi) is 6.08. The topological polar surface area (TPSA) is 89.9 Å². The Morgan fingerprint density at radius 3 is 2.74 bits per heavy atom. The molecule has 19 heavy (non-hydrogen) atoms. The number of aliphatic hydroxyl groups excluding tert-OH is 1. The van der Waals surface area contributed by atoms with Crippen molar-refractivity contribution in [3.8, 4) is 0 Å². The summed E-state index contributed by atoms with van der Waals surface area (Å²) in [5.41, 5.74) is 0. The van der Waals surface area contributed by atoms with E-state index in [0.29, 0.717) is 26.1 Å². The van der Waals surface area contributed by atoms with Crippen LogP contribution in [0.25, 0.3) is 0 Å². The smallest absolute Gasteiger partial charge is 0.317 e. The molecule has 0 aliphatic carbocycles. The zero-order chi connectivity index (χ0) is 14.4. The van der Waals surface area contributed by atoms with E-state index in [1.165, 1.54) is 0 Å². The van der Waals surface area contributed by atoms with E-state index in [2.05, 4.69) is 5.32 Å². The van der Waals surface area contributed by atoms with Crippen LogP contribution in [-0.2, 0) is 4.79 Å². The summed E-state index contributed by atoms with van der Waals surface area (Å²) in [5, 5.41) is 21.1. The molecule has 6 heteroatoms. The highest BCUT2D eigenvalue weighted by Gasteiger charge is 2.27. The van der Waals surface area contributed by atoms with Crippen LogP contribution in [0.3, 0.4) is 0 Å². The molecule has 3 N–H and O–H groups in total. The maximum absolute atomic E-state index is 11.9. The number of nitrogens with one attached hydrogen (secondary N) is 1. The Hall–Kier alpha value is -1.30. The largest absolute Gasteiger partial charge is 0.481 e. The van der Waals surface area contributed by atoms with Crippen LogP contribution in [0.4, 0.5) is 4.79 Å². The molecule has 3 unspecified atom stereocenters. The van der Waals surface area contributed by atoms with Crippen LogP contribution < -0.4 is 5.32 Å². The molecule has 1 saturated heterocycles. The van der Waals surface area contributed by atoms with Gasteiger partial charge in [0.15, 0.2) is 0 Å². The number of nitrogens with zero attached hydrogens (tertiary/aromatic N) is 1. The summed E-state index contributed by atoms with van der Waals surface area (Å²) in [5.74, 6) is -0.446. The summed E-state index contributed by atoms with van der Waals surface area (Å²) in [6, 6.07) is -0.173. The van der Waals surface area contributed by atoms with E-state index in [-0.39, 0.29) is 24.3 Å². The van der Waals surface area contributed by atoms with Gasteiger partial charge in [0.05, 0.1) is 6.10 Å². The van der Waals surface area contributed by atoms with E-state index < -0.39 is 12.1 Å². The van der Waals surface area contributed by atoms with E-state index >= 15 is 0 Å². The van der Waals surface area contributed by atoms with Crippen molar-refractivity contribution in [3.05, 3.63) is 0 Å².